The van der Waals surface area contributed by atoms with Crippen LogP contribution in [0.4, 0.5) is 11.5 Å². The Bertz CT molecular complexity index is 611. The molecule has 0 saturated carbocycles. The average Bonchev–Trinajstić information content (AvgIpc) is 2.43. The van der Waals surface area contributed by atoms with E-state index in [1.807, 2.05) is 32.0 Å². The molecule has 0 radical (unpaired) electrons. The van der Waals surface area contributed by atoms with Gasteiger partial charge in [-0.15, -0.1) is 0 Å². The van der Waals surface area contributed by atoms with Crippen LogP contribution in [-0.2, 0) is 0 Å². The minimum atomic E-state index is -0.596. The smallest absolute Gasteiger partial charge is 0.278 e. The van der Waals surface area contributed by atoms with Crippen LogP contribution in [0.15, 0.2) is 36.5 Å². The molecular weight excluding hydrogens is 242 g/mol. The molecule has 0 atom stereocenters. The van der Waals surface area contributed by atoms with Crippen molar-refractivity contribution in [2.75, 3.05) is 5.32 Å². The van der Waals surface area contributed by atoms with Crippen LogP contribution in [-0.4, -0.2) is 16.1 Å². The number of nitrogens with one attached hydrogen (secondary N) is 2. The number of benzene rings is 1. The van der Waals surface area contributed by atoms with Gasteiger partial charge < -0.3 is 5.32 Å². The van der Waals surface area contributed by atoms with Gasteiger partial charge >= 0.3 is 0 Å². The van der Waals surface area contributed by atoms with Crippen LogP contribution in [0.5, 0.6) is 0 Å². The van der Waals surface area contributed by atoms with Crippen LogP contribution >= 0.6 is 0 Å². The lowest BCUT2D eigenvalue weighted by atomic mass is 10.1. The molecule has 0 unspecified atom stereocenters. The van der Waals surface area contributed by atoms with E-state index in [9.17, 15) is 4.79 Å². The molecule has 1 aromatic carbocycles. The first-order valence-electron chi connectivity index (χ1n) is 5.86. The van der Waals surface area contributed by atoms with Gasteiger partial charge in [-0.3, -0.25) is 10.0 Å². The van der Waals surface area contributed by atoms with Gasteiger partial charge in [-0.1, -0.05) is 12.1 Å². The number of anilines is 2. The van der Waals surface area contributed by atoms with E-state index in [0.29, 0.717) is 5.82 Å². The lowest BCUT2D eigenvalue weighted by Crippen LogP contribution is -2.20. The van der Waals surface area contributed by atoms with E-state index in [0.717, 1.165) is 16.8 Å². The zero-order valence-electron chi connectivity index (χ0n) is 10.8. The predicted octanol–water partition coefficient (Wildman–Crippen LogP) is 2.56. The second kappa shape index (κ2) is 5.49. The average molecular weight is 257 g/mol. The zero-order chi connectivity index (χ0) is 13.8. The van der Waals surface area contributed by atoms with Crippen molar-refractivity contribution in [2.24, 2.45) is 0 Å². The van der Waals surface area contributed by atoms with Crippen LogP contribution < -0.4 is 10.8 Å². The Morgan fingerprint density at radius 3 is 2.74 bits per heavy atom. The van der Waals surface area contributed by atoms with Crippen molar-refractivity contribution in [1.29, 1.82) is 0 Å². The van der Waals surface area contributed by atoms with Crippen molar-refractivity contribution < 1.29 is 10.0 Å². The van der Waals surface area contributed by atoms with Gasteiger partial charge in [0.2, 0.25) is 0 Å². The molecule has 1 heterocycles. The number of carbonyl (C=O) groups is 1. The Labute approximate surface area is 111 Å². The molecule has 5 heteroatoms. The summed E-state index contributed by atoms with van der Waals surface area (Å²) in [6.07, 6.45) is 1.58. The van der Waals surface area contributed by atoms with Crippen LogP contribution in [0.25, 0.3) is 0 Å². The second-order valence-electron chi connectivity index (χ2n) is 4.21. The van der Waals surface area contributed by atoms with E-state index < -0.39 is 5.91 Å². The largest absolute Gasteiger partial charge is 0.339 e. The van der Waals surface area contributed by atoms with E-state index in [1.54, 1.807) is 23.8 Å². The van der Waals surface area contributed by atoms with E-state index in [4.69, 9.17) is 5.21 Å². The number of nitrogens with zero attached hydrogens (tertiary/aromatic N) is 1. The van der Waals surface area contributed by atoms with Gasteiger partial charge in [0, 0.05) is 11.9 Å². The fourth-order valence-electron chi connectivity index (χ4n) is 1.76. The maximum absolute atomic E-state index is 11.5. The molecule has 1 aromatic heterocycles. The lowest BCUT2D eigenvalue weighted by Gasteiger charge is -2.13. The first kappa shape index (κ1) is 13.0. The molecule has 0 bridgehead atoms. The predicted molar refractivity (Wildman–Crippen MR) is 72.7 cm³/mol. The van der Waals surface area contributed by atoms with Crippen molar-refractivity contribution in [3.8, 4) is 0 Å². The van der Waals surface area contributed by atoms with Crippen molar-refractivity contribution in [2.45, 2.75) is 13.8 Å². The second-order valence-corrected chi connectivity index (χ2v) is 4.21. The highest BCUT2D eigenvalue weighted by Gasteiger charge is 2.12. The number of hydroxylamine groups is 1. The van der Waals surface area contributed by atoms with Crippen molar-refractivity contribution in [3.05, 3.63) is 53.2 Å². The van der Waals surface area contributed by atoms with Gasteiger partial charge in [0.05, 0.1) is 5.56 Å². The molecule has 0 spiro atoms. The number of hydrogen-bond donors (Lipinski definition) is 3. The minimum absolute atomic E-state index is 0.283. The van der Waals surface area contributed by atoms with Gasteiger partial charge in [0.25, 0.3) is 5.91 Å². The summed E-state index contributed by atoms with van der Waals surface area (Å²) in [5.74, 6) is -0.191. The summed E-state index contributed by atoms with van der Waals surface area (Å²) in [4.78, 5) is 15.7. The third-order valence-corrected chi connectivity index (χ3v) is 3.01. The number of rotatable bonds is 3. The molecule has 98 valence electrons. The first-order valence-corrected chi connectivity index (χ1v) is 5.86. The maximum atomic E-state index is 11.5. The molecule has 0 aliphatic heterocycles. The summed E-state index contributed by atoms with van der Waals surface area (Å²) in [6.45, 7) is 4.01. The van der Waals surface area contributed by atoms with E-state index in [-0.39, 0.29) is 5.56 Å². The summed E-state index contributed by atoms with van der Waals surface area (Å²) < 4.78 is 0. The van der Waals surface area contributed by atoms with Crippen LogP contribution in [0.2, 0.25) is 0 Å². The molecule has 0 saturated heterocycles. The fraction of sp³-hybridized carbons (Fsp3) is 0.143. The van der Waals surface area contributed by atoms with Gasteiger partial charge in [-0.25, -0.2) is 10.5 Å². The normalized spacial score (nSPS) is 10.1. The number of aromatic nitrogens is 1. The molecule has 0 fully saturated rings. The number of aryl methyl sites for hydroxylation is 1. The molecule has 0 aliphatic carbocycles. The van der Waals surface area contributed by atoms with Crippen LogP contribution in [0, 0.1) is 13.8 Å². The number of carbonyl (C=O) groups excluding carboxylic acids is 1. The number of pyridine rings is 1. The Hall–Kier alpha value is -2.40. The molecule has 19 heavy (non-hydrogen) atoms. The van der Waals surface area contributed by atoms with Crippen LogP contribution in [0.1, 0.15) is 21.5 Å². The summed E-state index contributed by atoms with van der Waals surface area (Å²) in [5.41, 5.74) is 5.01. The minimum Gasteiger partial charge on any atom is -0.339 e. The molecule has 3 N–H and O–H groups in total. The molecule has 2 rings (SSSR count). The van der Waals surface area contributed by atoms with Gasteiger partial charge in [0.1, 0.15) is 5.82 Å². The molecule has 1 amide bonds. The third-order valence-electron chi connectivity index (χ3n) is 3.01. The maximum Gasteiger partial charge on any atom is 0.278 e. The zero-order valence-corrected chi connectivity index (χ0v) is 10.8. The molecular formula is C14H15N3O2. The summed E-state index contributed by atoms with van der Waals surface area (Å²) in [7, 11) is 0. The highest BCUT2D eigenvalue weighted by molar-refractivity contribution is 5.98. The third kappa shape index (κ3) is 2.71. The Balaban J connectivity index is 2.39. The SMILES string of the molecule is Cc1cccc(Nc2ncccc2C(=O)NO)c1C. The lowest BCUT2D eigenvalue weighted by molar-refractivity contribution is 0.0707. The Morgan fingerprint density at radius 2 is 2.00 bits per heavy atom. The monoisotopic (exact) mass is 257 g/mol. The highest BCUT2D eigenvalue weighted by Crippen LogP contribution is 2.23. The number of hydrogen-bond acceptors (Lipinski definition) is 4. The topological polar surface area (TPSA) is 74.2 Å². The number of amides is 1. The summed E-state index contributed by atoms with van der Waals surface area (Å²) >= 11 is 0. The van der Waals surface area contributed by atoms with Crippen LogP contribution in [0.3, 0.4) is 0 Å². The van der Waals surface area contributed by atoms with Gasteiger partial charge in [-0.2, -0.15) is 0 Å². The molecule has 5 nitrogen and oxygen atoms in total. The highest BCUT2D eigenvalue weighted by atomic mass is 16.5. The summed E-state index contributed by atoms with van der Waals surface area (Å²) in [5, 5.41) is 11.8. The quantitative estimate of drug-likeness (QED) is 0.583. The van der Waals surface area contributed by atoms with Crippen molar-refractivity contribution in [3.63, 3.8) is 0 Å². The van der Waals surface area contributed by atoms with Crippen molar-refractivity contribution >= 4 is 17.4 Å². The van der Waals surface area contributed by atoms with Crippen molar-refractivity contribution in [1.82, 2.24) is 10.5 Å². The summed E-state index contributed by atoms with van der Waals surface area (Å²) in [6, 6.07) is 9.09. The van der Waals surface area contributed by atoms with Gasteiger partial charge in [-0.05, 0) is 43.2 Å². The fourth-order valence-corrected chi connectivity index (χ4v) is 1.76. The molecule has 0 aliphatic rings. The van der Waals surface area contributed by atoms with E-state index in [2.05, 4.69) is 10.3 Å². The molecule has 2 aromatic rings. The van der Waals surface area contributed by atoms with Gasteiger partial charge in [0.15, 0.2) is 0 Å². The van der Waals surface area contributed by atoms with E-state index >= 15 is 0 Å². The first-order chi connectivity index (χ1) is 9.13. The standard InChI is InChI=1S/C14H15N3O2/c1-9-5-3-7-12(10(9)2)16-13-11(14(18)17-19)6-4-8-15-13/h3-8,19H,1-2H3,(H,15,16)(H,17,18). The Morgan fingerprint density at radius 1 is 1.21 bits per heavy atom. The van der Waals surface area contributed by atoms with E-state index in [1.165, 1.54) is 0 Å². The Kier molecular flexibility index (Phi) is 3.77.